The lowest BCUT2D eigenvalue weighted by molar-refractivity contribution is -0.139. The smallest absolute Gasteiger partial charge is 0.325 e. The lowest BCUT2D eigenvalue weighted by Crippen LogP contribution is -2.52. The monoisotopic (exact) mass is 462 g/mol. The van der Waals surface area contributed by atoms with Gasteiger partial charge >= 0.3 is 6.03 Å². The molecule has 2 aliphatic heterocycles. The highest BCUT2D eigenvalue weighted by atomic mass is 35.5. The third-order valence-corrected chi connectivity index (χ3v) is 6.08. The maximum atomic E-state index is 14.3. The molecule has 10 heteroatoms. The number of urea groups is 1. The van der Waals surface area contributed by atoms with Crippen molar-refractivity contribution in [2.45, 2.75) is 12.5 Å². The van der Waals surface area contributed by atoms with Crippen molar-refractivity contribution in [1.29, 1.82) is 0 Å². The highest BCUT2D eigenvalue weighted by molar-refractivity contribution is 6.30. The summed E-state index contributed by atoms with van der Waals surface area (Å²) in [6.07, 6.45) is 0. The van der Waals surface area contributed by atoms with Crippen molar-refractivity contribution in [1.82, 2.24) is 15.1 Å². The Labute approximate surface area is 188 Å². The van der Waals surface area contributed by atoms with Crippen LogP contribution in [0.3, 0.4) is 0 Å². The number of hydrogen-bond acceptors (Lipinski definition) is 4. The van der Waals surface area contributed by atoms with Gasteiger partial charge in [0.2, 0.25) is 5.91 Å². The van der Waals surface area contributed by atoms with Crippen LogP contribution in [0.2, 0.25) is 5.02 Å². The van der Waals surface area contributed by atoms with Gasteiger partial charge in [-0.25, -0.2) is 13.6 Å². The van der Waals surface area contributed by atoms with Gasteiger partial charge in [0.1, 0.15) is 23.7 Å². The van der Waals surface area contributed by atoms with Crippen molar-refractivity contribution >= 4 is 35.1 Å². The topological polar surface area (TPSA) is 73.0 Å². The summed E-state index contributed by atoms with van der Waals surface area (Å²) in [6.45, 7) is 2.85. The van der Waals surface area contributed by atoms with Crippen LogP contribution in [-0.2, 0) is 15.1 Å². The molecule has 2 heterocycles. The predicted octanol–water partition coefficient (Wildman–Crippen LogP) is 2.73. The largest absolute Gasteiger partial charge is 0.368 e. The van der Waals surface area contributed by atoms with Gasteiger partial charge in [-0.05, 0) is 31.2 Å². The first-order chi connectivity index (χ1) is 15.2. The summed E-state index contributed by atoms with van der Waals surface area (Å²) in [5.74, 6) is -2.90. The zero-order chi connectivity index (χ0) is 23.0. The normalized spacial score (nSPS) is 21.2. The number of anilines is 1. The van der Waals surface area contributed by atoms with E-state index < -0.39 is 35.7 Å². The minimum Gasteiger partial charge on any atom is -0.368 e. The summed E-state index contributed by atoms with van der Waals surface area (Å²) in [7, 11) is 0. The Kier molecular flexibility index (Phi) is 5.77. The summed E-state index contributed by atoms with van der Waals surface area (Å²) in [6, 6.07) is 9.40. The lowest BCUT2D eigenvalue weighted by atomic mass is 9.91. The van der Waals surface area contributed by atoms with Gasteiger partial charge in [-0.2, -0.15) is 0 Å². The van der Waals surface area contributed by atoms with Crippen molar-refractivity contribution in [2.75, 3.05) is 37.6 Å². The first-order valence-corrected chi connectivity index (χ1v) is 10.4. The van der Waals surface area contributed by atoms with Crippen LogP contribution < -0.4 is 10.2 Å². The summed E-state index contributed by atoms with van der Waals surface area (Å²) < 4.78 is 27.5. The molecule has 32 heavy (non-hydrogen) atoms. The molecule has 0 aliphatic carbocycles. The van der Waals surface area contributed by atoms with Gasteiger partial charge in [0.25, 0.3) is 5.91 Å². The first-order valence-electron chi connectivity index (χ1n) is 10.1. The number of piperazine rings is 1. The fourth-order valence-corrected chi connectivity index (χ4v) is 4.22. The molecule has 2 aromatic rings. The van der Waals surface area contributed by atoms with Crippen LogP contribution >= 0.6 is 11.6 Å². The number of benzene rings is 2. The fraction of sp³-hybridized carbons (Fsp3) is 0.318. The van der Waals surface area contributed by atoms with E-state index in [1.807, 2.05) is 18.2 Å². The van der Waals surface area contributed by atoms with E-state index in [1.54, 1.807) is 11.0 Å². The summed E-state index contributed by atoms with van der Waals surface area (Å²) in [4.78, 5) is 42.6. The zero-order valence-corrected chi connectivity index (χ0v) is 18.0. The highest BCUT2D eigenvalue weighted by Crippen LogP contribution is 2.31. The number of carbonyl (C=O) groups is 3. The van der Waals surface area contributed by atoms with Crippen molar-refractivity contribution < 1.29 is 23.2 Å². The standard InChI is InChI=1S/C22H21ClF2N4O3/c1-22(17-6-5-15(24)12-18(17)25)20(31)29(21(32)26-22)13-19(30)28-9-7-27(8-10-28)16-4-2-3-14(23)11-16/h2-6,11-12H,7-10,13H2,1H3,(H,26,32). The van der Waals surface area contributed by atoms with E-state index in [2.05, 4.69) is 10.2 Å². The second-order valence-corrected chi connectivity index (χ2v) is 8.35. The van der Waals surface area contributed by atoms with Crippen molar-refractivity contribution in [3.63, 3.8) is 0 Å². The van der Waals surface area contributed by atoms with Gasteiger partial charge in [-0.15, -0.1) is 0 Å². The Morgan fingerprint density at radius 3 is 2.47 bits per heavy atom. The number of halogens is 3. The Morgan fingerprint density at radius 2 is 1.81 bits per heavy atom. The molecule has 1 N–H and O–H groups in total. The second-order valence-electron chi connectivity index (χ2n) is 7.92. The van der Waals surface area contributed by atoms with Gasteiger partial charge < -0.3 is 15.1 Å². The minimum absolute atomic E-state index is 0.165. The van der Waals surface area contributed by atoms with E-state index in [-0.39, 0.29) is 11.5 Å². The number of hydrogen-bond donors (Lipinski definition) is 1. The molecule has 2 saturated heterocycles. The molecule has 7 nitrogen and oxygen atoms in total. The first kappa shape index (κ1) is 22.0. The van der Waals surface area contributed by atoms with Gasteiger partial charge in [0.15, 0.2) is 0 Å². The third kappa shape index (κ3) is 4.00. The predicted molar refractivity (Wildman–Crippen MR) is 114 cm³/mol. The average Bonchev–Trinajstić information content (AvgIpc) is 2.97. The summed E-state index contributed by atoms with van der Waals surface area (Å²) >= 11 is 6.04. The van der Waals surface area contributed by atoms with Crippen LogP contribution in [-0.4, -0.2) is 60.4 Å². The van der Waals surface area contributed by atoms with Gasteiger partial charge in [0.05, 0.1) is 0 Å². The van der Waals surface area contributed by atoms with E-state index in [0.717, 1.165) is 22.7 Å². The molecule has 4 amide bonds. The molecule has 1 atom stereocenters. The number of carbonyl (C=O) groups excluding carboxylic acids is 3. The number of amides is 4. The van der Waals surface area contributed by atoms with Crippen LogP contribution in [0.5, 0.6) is 0 Å². The van der Waals surface area contributed by atoms with E-state index in [0.29, 0.717) is 37.3 Å². The number of nitrogens with one attached hydrogen (secondary N) is 1. The summed E-state index contributed by atoms with van der Waals surface area (Å²) in [5, 5.41) is 3.06. The van der Waals surface area contributed by atoms with Crippen molar-refractivity contribution in [3.8, 4) is 0 Å². The SMILES string of the molecule is CC1(c2ccc(F)cc2F)NC(=O)N(CC(=O)N2CCN(c3cccc(Cl)c3)CC2)C1=O. The van der Waals surface area contributed by atoms with Crippen LogP contribution in [0.25, 0.3) is 0 Å². The third-order valence-electron chi connectivity index (χ3n) is 5.84. The fourth-order valence-electron chi connectivity index (χ4n) is 4.04. The van der Waals surface area contributed by atoms with Gasteiger partial charge in [-0.1, -0.05) is 23.7 Å². The second kappa shape index (κ2) is 8.38. The Balaban J connectivity index is 1.41. The van der Waals surface area contributed by atoms with Crippen LogP contribution in [0, 0.1) is 11.6 Å². The van der Waals surface area contributed by atoms with Crippen molar-refractivity contribution in [3.05, 3.63) is 64.7 Å². The zero-order valence-electron chi connectivity index (χ0n) is 17.3. The Bertz CT molecular complexity index is 1090. The molecular formula is C22H21ClF2N4O3. The molecule has 0 bridgehead atoms. The van der Waals surface area contributed by atoms with Crippen LogP contribution in [0.1, 0.15) is 12.5 Å². The Morgan fingerprint density at radius 1 is 1.09 bits per heavy atom. The summed E-state index contributed by atoms with van der Waals surface area (Å²) in [5.41, 5.74) is -0.932. The average molecular weight is 463 g/mol. The molecule has 0 spiro atoms. The van der Waals surface area contributed by atoms with E-state index in [9.17, 15) is 23.2 Å². The molecule has 1 unspecified atom stereocenters. The van der Waals surface area contributed by atoms with Crippen LogP contribution in [0.15, 0.2) is 42.5 Å². The molecule has 0 saturated carbocycles. The van der Waals surface area contributed by atoms with Gasteiger partial charge in [-0.3, -0.25) is 14.5 Å². The van der Waals surface area contributed by atoms with Gasteiger partial charge in [0, 0.05) is 48.5 Å². The van der Waals surface area contributed by atoms with E-state index in [4.69, 9.17) is 11.6 Å². The maximum absolute atomic E-state index is 14.3. The van der Waals surface area contributed by atoms with Crippen molar-refractivity contribution in [2.24, 2.45) is 0 Å². The molecule has 2 aromatic carbocycles. The van der Waals surface area contributed by atoms with E-state index >= 15 is 0 Å². The van der Waals surface area contributed by atoms with Crippen LogP contribution in [0.4, 0.5) is 19.3 Å². The molecule has 2 fully saturated rings. The molecule has 0 radical (unpaired) electrons. The molecule has 4 rings (SSSR count). The quantitative estimate of drug-likeness (QED) is 0.709. The maximum Gasteiger partial charge on any atom is 0.325 e. The van der Waals surface area contributed by atoms with E-state index in [1.165, 1.54) is 6.92 Å². The number of rotatable bonds is 4. The number of imide groups is 1. The minimum atomic E-state index is -1.72. The molecule has 168 valence electrons. The Hall–Kier alpha value is -3.20. The highest BCUT2D eigenvalue weighted by Gasteiger charge is 2.51. The molecular weight excluding hydrogens is 442 g/mol. The lowest BCUT2D eigenvalue weighted by Gasteiger charge is -2.36. The number of nitrogens with zero attached hydrogens (tertiary/aromatic N) is 3. The molecule has 2 aliphatic rings. The molecule has 0 aromatic heterocycles.